The number of nitrogens with one attached hydrogen (secondary N) is 2. The molecule has 3 rings (SSSR count). The van der Waals surface area contributed by atoms with E-state index in [4.69, 9.17) is 5.73 Å². The predicted molar refractivity (Wildman–Crippen MR) is 92.8 cm³/mol. The summed E-state index contributed by atoms with van der Waals surface area (Å²) in [7, 11) is 0. The molecule has 2 unspecified atom stereocenters. The number of aliphatic hydroxyl groups is 1. The first-order valence-electron chi connectivity index (χ1n) is 8.17. The monoisotopic (exact) mass is 358 g/mol. The van der Waals surface area contributed by atoms with Crippen LogP contribution in [-0.2, 0) is 11.2 Å². The molecule has 2 atom stereocenters. The Balaban J connectivity index is 1.44. The van der Waals surface area contributed by atoms with Gasteiger partial charge in [0.25, 0.3) is 5.91 Å². The van der Waals surface area contributed by atoms with Gasteiger partial charge in [-0.05, 0) is 35.7 Å². The number of hydrogen-bond donors (Lipinski definition) is 4. The molecule has 1 aromatic carbocycles. The van der Waals surface area contributed by atoms with E-state index in [0.29, 0.717) is 17.7 Å². The van der Waals surface area contributed by atoms with Crippen LogP contribution in [0.4, 0.5) is 10.1 Å². The molecule has 1 aromatic heterocycles. The molecule has 0 radical (unpaired) electrons. The molecule has 2 aromatic rings. The van der Waals surface area contributed by atoms with E-state index in [1.54, 1.807) is 6.07 Å². The highest BCUT2D eigenvalue weighted by Crippen LogP contribution is 2.35. The normalized spacial score (nSPS) is 16.2. The first-order chi connectivity index (χ1) is 12.4. The summed E-state index contributed by atoms with van der Waals surface area (Å²) < 4.78 is 13.2. The van der Waals surface area contributed by atoms with E-state index in [-0.39, 0.29) is 30.4 Å². The maximum Gasteiger partial charge on any atom is 0.253 e. The van der Waals surface area contributed by atoms with Crippen LogP contribution in [0, 0.1) is 5.82 Å². The largest absolute Gasteiger partial charge is 0.397 e. The van der Waals surface area contributed by atoms with E-state index in [1.807, 2.05) is 0 Å². The highest BCUT2D eigenvalue weighted by Gasteiger charge is 2.32. The summed E-state index contributed by atoms with van der Waals surface area (Å²) in [5.41, 5.74) is 7.84. The molecule has 0 saturated carbocycles. The number of nitrogens with two attached hydrogens (primary N) is 1. The molecular weight excluding hydrogens is 339 g/mol. The van der Waals surface area contributed by atoms with E-state index in [0.717, 1.165) is 5.56 Å². The van der Waals surface area contributed by atoms with Crippen molar-refractivity contribution < 1.29 is 19.1 Å². The van der Waals surface area contributed by atoms with Gasteiger partial charge in [0.05, 0.1) is 23.3 Å². The van der Waals surface area contributed by atoms with Crippen LogP contribution >= 0.6 is 0 Å². The third-order valence-electron chi connectivity index (χ3n) is 4.26. The standard InChI is InChI=1S/C18H19FN4O3/c19-12-2-1-10-4-16(15(10)5-12)18(26)23-9-14(24)8-22-17(25)11-3-13(20)7-21-6-11/h1-3,5-7,14,16,24H,4,8-9,20H2,(H,22,25)(H,23,26). The number of amides is 2. The second-order valence-electron chi connectivity index (χ2n) is 6.22. The average Bonchev–Trinajstić information content (AvgIpc) is 2.60. The third kappa shape index (κ3) is 3.97. The summed E-state index contributed by atoms with van der Waals surface area (Å²) >= 11 is 0. The van der Waals surface area contributed by atoms with Gasteiger partial charge in [0.15, 0.2) is 0 Å². The van der Waals surface area contributed by atoms with Crippen molar-refractivity contribution in [1.82, 2.24) is 15.6 Å². The predicted octanol–water partition coefficient (Wildman–Crippen LogP) is 0.350. The Morgan fingerprint density at radius 1 is 1.27 bits per heavy atom. The minimum atomic E-state index is -0.955. The molecule has 1 aliphatic carbocycles. The number of aliphatic hydroxyl groups excluding tert-OH is 1. The number of carbonyl (C=O) groups is 2. The quantitative estimate of drug-likeness (QED) is 0.594. The summed E-state index contributed by atoms with van der Waals surface area (Å²) in [4.78, 5) is 27.9. The molecule has 0 fully saturated rings. The van der Waals surface area contributed by atoms with Crippen molar-refractivity contribution >= 4 is 17.5 Å². The molecule has 1 heterocycles. The number of pyridine rings is 1. The highest BCUT2D eigenvalue weighted by molar-refractivity contribution is 5.94. The van der Waals surface area contributed by atoms with Crippen LogP contribution in [0.5, 0.6) is 0 Å². The molecule has 0 spiro atoms. The number of anilines is 1. The lowest BCUT2D eigenvalue weighted by Gasteiger charge is -2.29. The van der Waals surface area contributed by atoms with Gasteiger partial charge in [-0.25, -0.2) is 4.39 Å². The van der Waals surface area contributed by atoms with Gasteiger partial charge in [-0.3, -0.25) is 14.6 Å². The van der Waals surface area contributed by atoms with E-state index >= 15 is 0 Å². The number of benzene rings is 1. The second kappa shape index (κ2) is 7.49. The zero-order chi connectivity index (χ0) is 18.7. The van der Waals surface area contributed by atoms with E-state index in [1.165, 1.54) is 30.6 Å². The van der Waals surface area contributed by atoms with Gasteiger partial charge in [-0.2, -0.15) is 0 Å². The van der Waals surface area contributed by atoms with Gasteiger partial charge in [-0.1, -0.05) is 6.07 Å². The molecule has 8 heteroatoms. The molecule has 136 valence electrons. The molecule has 2 amide bonds. The van der Waals surface area contributed by atoms with Gasteiger partial charge < -0.3 is 21.5 Å². The second-order valence-corrected chi connectivity index (χ2v) is 6.22. The van der Waals surface area contributed by atoms with Gasteiger partial charge in [0.1, 0.15) is 5.82 Å². The smallest absolute Gasteiger partial charge is 0.253 e. The number of rotatable bonds is 6. The Bertz CT molecular complexity index is 843. The van der Waals surface area contributed by atoms with Gasteiger partial charge in [0, 0.05) is 25.5 Å². The molecule has 1 aliphatic rings. The molecule has 26 heavy (non-hydrogen) atoms. The molecular formula is C18H19FN4O3. The Morgan fingerprint density at radius 2 is 2.04 bits per heavy atom. The van der Waals surface area contributed by atoms with E-state index < -0.39 is 17.9 Å². The van der Waals surface area contributed by atoms with Gasteiger partial charge in [0.2, 0.25) is 5.91 Å². The number of halogens is 1. The number of nitrogens with zero attached hydrogens (tertiary/aromatic N) is 1. The summed E-state index contributed by atoms with van der Waals surface area (Å²) in [6.07, 6.45) is 2.39. The summed E-state index contributed by atoms with van der Waals surface area (Å²) in [6, 6.07) is 5.88. The van der Waals surface area contributed by atoms with E-state index in [9.17, 15) is 19.1 Å². The lowest BCUT2D eigenvalue weighted by atomic mass is 9.77. The lowest BCUT2D eigenvalue weighted by Crippen LogP contribution is -2.43. The zero-order valence-electron chi connectivity index (χ0n) is 13.9. The van der Waals surface area contributed by atoms with Crippen LogP contribution in [0.2, 0.25) is 0 Å². The van der Waals surface area contributed by atoms with Crippen molar-refractivity contribution in [3.05, 3.63) is 59.2 Å². The molecule has 0 bridgehead atoms. The Hall–Kier alpha value is -3.00. The number of nitrogen functional groups attached to an aromatic ring is 1. The van der Waals surface area contributed by atoms with Crippen molar-refractivity contribution in [1.29, 1.82) is 0 Å². The highest BCUT2D eigenvalue weighted by atomic mass is 19.1. The first-order valence-corrected chi connectivity index (χ1v) is 8.17. The number of fused-ring (bicyclic) bond motifs is 1. The summed E-state index contributed by atoms with van der Waals surface area (Å²) in [6.45, 7) is -0.0563. The first kappa shape index (κ1) is 17.8. The molecule has 5 N–H and O–H groups in total. The fraction of sp³-hybridized carbons (Fsp3) is 0.278. The fourth-order valence-corrected chi connectivity index (χ4v) is 2.82. The third-order valence-corrected chi connectivity index (χ3v) is 4.26. The SMILES string of the molecule is Nc1cncc(C(=O)NCC(O)CNC(=O)C2Cc3ccc(F)cc32)c1. The molecule has 0 aliphatic heterocycles. The topological polar surface area (TPSA) is 117 Å². The van der Waals surface area contributed by atoms with Gasteiger partial charge >= 0.3 is 0 Å². The maximum atomic E-state index is 13.2. The number of aromatic nitrogens is 1. The average molecular weight is 358 g/mol. The van der Waals surface area contributed by atoms with Crippen LogP contribution in [0.15, 0.2) is 36.7 Å². The van der Waals surface area contributed by atoms with Crippen molar-refractivity contribution in [3.8, 4) is 0 Å². The van der Waals surface area contributed by atoms with Gasteiger partial charge in [-0.15, -0.1) is 0 Å². The van der Waals surface area contributed by atoms with Crippen LogP contribution in [0.1, 0.15) is 27.4 Å². The van der Waals surface area contributed by atoms with Crippen LogP contribution < -0.4 is 16.4 Å². The Labute approximate surface area is 149 Å². The Kier molecular flexibility index (Phi) is 5.13. The Morgan fingerprint density at radius 3 is 2.81 bits per heavy atom. The lowest BCUT2D eigenvalue weighted by molar-refractivity contribution is -0.123. The fourth-order valence-electron chi connectivity index (χ4n) is 2.82. The van der Waals surface area contributed by atoms with Crippen LogP contribution in [0.25, 0.3) is 0 Å². The van der Waals surface area contributed by atoms with Crippen LogP contribution in [0.3, 0.4) is 0 Å². The molecule has 7 nitrogen and oxygen atoms in total. The molecule has 0 saturated heterocycles. The number of hydrogen-bond acceptors (Lipinski definition) is 5. The van der Waals surface area contributed by atoms with Crippen molar-refractivity contribution in [2.45, 2.75) is 18.4 Å². The minimum Gasteiger partial charge on any atom is -0.397 e. The minimum absolute atomic E-state index is 0.0184. The van der Waals surface area contributed by atoms with Crippen LogP contribution in [-0.4, -0.2) is 41.1 Å². The number of carbonyl (C=O) groups excluding carboxylic acids is 2. The van der Waals surface area contributed by atoms with Crippen molar-refractivity contribution in [3.63, 3.8) is 0 Å². The summed E-state index contributed by atoms with van der Waals surface area (Å²) in [5.74, 6) is -1.46. The van der Waals surface area contributed by atoms with Crippen molar-refractivity contribution in [2.75, 3.05) is 18.8 Å². The van der Waals surface area contributed by atoms with E-state index in [2.05, 4.69) is 15.6 Å². The zero-order valence-corrected chi connectivity index (χ0v) is 13.9. The van der Waals surface area contributed by atoms with Crippen molar-refractivity contribution in [2.24, 2.45) is 0 Å². The maximum absolute atomic E-state index is 13.2. The summed E-state index contributed by atoms with van der Waals surface area (Å²) in [5, 5.41) is 15.1.